The second kappa shape index (κ2) is 16.6. The number of hydrogen-bond donors (Lipinski definition) is 2. The van der Waals surface area contributed by atoms with Gasteiger partial charge in [-0.3, -0.25) is 23.8 Å². The molecule has 3 amide bonds. The van der Waals surface area contributed by atoms with E-state index < -0.39 is 19.4 Å². The Balaban J connectivity index is 1.56. The van der Waals surface area contributed by atoms with Crippen molar-refractivity contribution in [2.24, 2.45) is 5.92 Å². The normalized spacial score (nSPS) is 12.0. The van der Waals surface area contributed by atoms with Crippen LogP contribution in [-0.4, -0.2) is 50.7 Å². The Morgan fingerprint density at radius 3 is 2.45 bits per heavy atom. The molecule has 12 heteroatoms. The summed E-state index contributed by atoms with van der Waals surface area (Å²) in [5.74, 6) is -0.941. The highest BCUT2D eigenvalue weighted by atomic mass is 31.2. The van der Waals surface area contributed by atoms with E-state index in [2.05, 4.69) is 17.6 Å². The van der Waals surface area contributed by atoms with Gasteiger partial charge in [0.2, 0.25) is 12.3 Å². The van der Waals surface area contributed by atoms with Gasteiger partial charge in [-0.25, -0.2) is 5.06 Å². The first-order valence-corrected chi connectivity index (χ1v) is 15.2. The number of amides is 3. The van der Waals surface area contributed by atoms with E-state index in [1.165, 1.54) is 20.3 Å². The summed E-state index contributed by atoms with van der Waals surface area (Å²) >= 11 is 0. The summed E-state index contributed by atoms with van der Waals surface area (Å²) < 4.78 is 28.5. The van der Waals surface area contributed by atoms with E-state index in [0.717, 1.165) is 29.9 Å². The Bertz CT molecular complexity index is 1340. The molecule has 0 saturated heterocycles. The molecule has 3 aromatic rings. The fourth-order valence-corrected chi connectivity index (χ4v) is 5.33. The summed E-state index contributed by atoms with van der Waals surface area (Å²) in [7, 11) is -0.852. The first kappa shape index (κ1) is 32.8. The van der Waals surface area contributed by atoms with Gasteiger partial charge in [-0.15, -0.1) is 0 Å². The number of carbonyl (C=O) groups excluding carboxylic acids is 3. The maximum atomic E-state index is 13.0. The van der Waals surface area contributed by atoms with Crippen LogP contribution in [0.4, 0.5) is 0 Å². The smallest absolute Gasteiger partial charge is 0.360 e. The van der Waals surface area contributed by atoms with Crippen molar-refractivity contribution in [1.82, 2.24) is 15.7 Å². The molecule has 1 aromatic heterocycles. The van der Waals surface area contributed by atoms with Crippen LogP contribution in [0.1, 0.15) is 48.7 Å². The fraction of sp³-hybridized carbons (Fsp3) is 0.367. The molecule has 3 rings (SSSR count). The van der Waals surface area contributed by atoms with Gasteiger partial charge in [0.15, 0.2) is 5.76 Å². The number of hydrogen-bond acceptors (Lipinski definition) is 8. The lowest BCUT2D eigenvalue weighted by Crippen LogP contribution is -2.43. The zero-order chi connectivity index (χ0) is 30.4. The highest BCUT2D eigenvalue weighted by Gasteiger charge is 2.25. The van der Waals surface area contributed by atoms with Gasteiger partial charge in [0.05, 0.1) is 24.4 Å². The maximum Gasteiger partial charge on any atom is 0.360 e. The average molecular weight is 600 g/mol. The van der Waals surface area contributed by atoms with Crippen molar-refractivity contribution in [3.8, 4) is 11.3 Å². The number of hydroxylamine groups is 2. The lowest BCUT2D eigenvalue weighted by molar-refractivity contribution is -0.182. The molecular formula is C30H38N3O8P. The van der Waals surface area contributed by atoms with Crippen molar-refractivity contribution in [2.45, 2.75) is 39.2 Å². The van der Waals surface area contributed by atoms with Gasteiger partial charge < -0.3 is 24.1 Å². The van der Waals surface area contributed by atoms with Crippen LogP contribution in [0.3, 0.4) is 0 Å². The van der Waals surface area contributed by atoms with Crippen LogP contribution >= 0.6 is 7.60 Å². The first-order valence-electron chi connectivity index (χ1n) is 13.7. The molecule has 226 valence electrons. The molecule has 0 spiro atoms. The van der Waals surface area contributed by atoms with E-state index >= 15 is 0 Å². The number of benzene rings is 2. The quantitative estimate of drug-likeness (QED) is 0.0709. The Kier molecular flexibility index (Phi) is 13.0. The Labute approximate surface area is 246 Å². The number of unbranched alkanes of at least 4 members (excludes halogenated alkanes) is 2. The van der Waals surface area contributed by atoms with Crippen molar-refractivity contribution in [1.29, 1.82) is 0 Å². The number of furan rings is 1. The van der Waals surface area contributed by atoms with Crippen molar-refractivity contribution < 1.29 is 37.3 Å². The molecule has 0 aliphatic rings. The topological polar surface area (TPSA) is 136 Å². The van der Waals surface area contributed by atoms with E-state index in [-0.39, 0.29) is 31.5 Å². The largest absolute Gasteiger partial charge is 0.451 e. The molecule has 0 radical (unpaired) electrons. The molecule has 2 N–H and O–H groups in total. The lowest BCUT2D eigenvalue weighted by atomic mass is 10.0. The molecule has 0 bridgehead atoms. The molecule has 2 aromatic carbocycles. The standard InChI is InChI=1S/C30H38N3O8P/c1-4-5-7-13-25(19-33(22-34)40-20-23-11-8-6-9-12-23)29(35)31-21-32-30(36)28-17-16-27(41-28)24-14-10-15-26(18-24)42(37,38-2)39-3/h6,8-12,14-18,22,25H,4-5,7,13,19-21H2,1-3H3,(H,31,35)(H,32,36)/t25-/m1/s1. The van der Waals surface area contributed by atoms with Crippen LogP contribution in [0.15, 0.2) is 71.1 Å². The van der Waals surface area contributed by atoms with Gasteiger partial charge in [0, 0.05) is 19.8 Å². The second-order valence-corrected chi connectivity index (χ2v) is 11.7. The third-order valence-corrected chi connectivity index (χ3v) is 8.43. The van der Waals surface area contributed by atoms with Gasteiger partial charge in [0.1, 0.15) is 12.4 Å². The van der Waals surface area contributed by atoms with E-state index in [9.17, 15) is 18.9 Å². The van der Waals surface area contributed by atoms with Crippen LogP contribution < -0.4 is 15.9 Å². The van der Waals surface area contributed by atoms with Crippen molar-refractivity contribution in [3.05, 3.63) is 78.1 Å². The van der Waals surface area contributed by atoms with E-state index in [4.69, 9.17) is 18.3 Å². The predicted molar refractivity (Wildman–Crippen MR) is 158 cm³/mol. The van der Waals surface area contributed by atoms with Crippen molar-refractivity contribution >= 4 is 31.1 Å². The van der Waals surface area contributed by atoms with Crippen LogP contribution in [-0.2, 0) is 34.6 Å². The Morgan fingerprint density at radius 1 is 1.00 bits per heavy atom. The molecule has 42 heavy (non-hydrogen) atoms. The number of rotatable bonds is 18. The molecule has 0 saturated carbocycles. The second-order valence-electron chi connectivity index (χ2n) is 9.46. The number of nitrogens with zero attached hydrogens (tertiary/aromatic N) is 1. The predicted octanol–water partition coefficient (Wildman–Crippen LogP) is 4.65. The summed E-state index contributed by atoms with van der Waals surface area (Å²) in [5, 5.41) is 6.83. The molecular weight excluding hydrogens is 561 g/mol. The molecule has 1 heterocycles. The van der Waals surface area contributed by atoms with Crippen LogP contribution in [0, 0.1) is 5.92 Å². The van der Waals surface area contributed by atoms with E-state index in [0.29, 0.717) is 29.5 Å². The van der Waals surface area contributed by atoms with Crippen LogP contribution in [0.5, 0.6) is 0 Å². The minimum atomic E-state index is -3.46. The van der Waals surface area contributed by atoms with Crippen LogP contribution in [0.25, 0.3) is 11.3 Å². The average Bonchev–Trinajstić information content (AvgIpc) is 3.53. The number of carbonyl (C=O) groups is 3. The molecule has 0 fully saturated rings. The van der Waals surface area contributed by atoms with Gasteiger partial charge in [-0.2, -0.15) is 0 Å². The minimum absolute atomic E-state index is 0.0345. The Morgan fingerprint density at radius 2 is 1.76 bits per heavy atom. The van der Waals surface area contributed by atoms with Crippen molar-refractivity contribution in [2.75, 3.05) is 27.4 Å². The highest BCUT2D eigenvalue weighted by molar-refractivity contribution is 7.62. The zero-order valence-corrected chi connectivity index (χ0v) is 25.0. The first-order chi connectivity index (χ1) is 20.3. The zero-order valence-electron chi connectivity index (χ0n) is 24.1. The summed E-state index contributed by atoms with van der Waals surface area (Å²) in [4.78, 5) is 43.0. The van der Waals surface area contributed by atoms with Gasteiger partial charge in [0.25, 0.3) is 5.91 Å². The molecule has 0 unspecified atom stereocenters. The van der Waals surface area contributed by atoms with E-state index in [1.807, 2.05) is 30.3 Å². The molecule has 1 atom stereocenters. The molecule has 11 nitrogen and oxygen atoms in total. The molecule has 0 aliphatic heterocycles. The van der Waals surface area contributed by atoms with E-state index in [1.54, 1.807) is 30.3 Å². The summed E-state index contributed by atoms with van der Waals surface area (Å²) in [6, 6.07) is 19.2. The van der Waals surface area contributed by atoms with Gasteiger partial charge in [-0.1, -0.05) is 68.7 Å². The summed E-state index contributed by atoms with van der Waals surface area (Å²) in [5.41, 5.74) is 1.48. The third-order valence-electron chi connectivity index (χ3n) is 6.55. The van der Waals surface area contributed by atoms with Crippen LogP contribution in [0.2, 0.25) is 0 Å². The highest BCUT2D eigenvalue weighted by Crippen LogP contribution is 2.45. The van der Waals surface area contributed by atoms with Gasteiger partial charge in [-0.05, 0) is 36.2 Å². The summed E-state index contributed by atoms with van der Waals surface area (Å²) in [6.45, 7) is 2.22. The van der Waals surface area contributed by atoms with Gasteiger partial charge >= 0.3 is 7.60 Å². The number of nitrogens with one attached hydrogen (secondary N) is 2. The fourth-order valence-electron chi connectivity index (χ4n) is 4.19. The molecule has 0 aliphatic carbocycles. The minimum Gasteiger partial charge on any atom is -0.451 e. The lowest BCUT2D eigenvalue weighted by Gasteiger charge is -2.23. The Hall–Kier alpha value is -3.76. The van der Waals surface area contributed by atoms with Crippen molar-refractivity contribution in [3.63, 3.8) is 0 Å². The summed E-state index contributed by atoms with van der Waals surface area (Å²) in [6.07, 6.45) is 3.88. The monoisotopic (exact) mass is 599 g/mol. The SMILES string of the molecule is CCCCC[C@H](CN(C=O)OCc1ccccc1)C(=O)NCNC(=O)c1ccc(-c2cccc(P(=O)(OC)OC)c2)o1. The maximum absolute atomic E-state index is 13.0. The third kappa shape index (κ3) is 9.39.